The molecule has 1 saturated carbocycles. The Morgan fingerprint density at radius 3 is 2.52 bits per heavy atom. The number of benzene rings is 1. The third-order valence-corrected chi connectivity index (χ3v) is 4.15. The molecule has 0 spiro atoms. The highest BCUT2D eigenvalue weighted by Crippen LogP contribution is 2.58. The van der Waals surface area contributed by atoms with Crippen LogP contribution in [0.15, 0.2) is 24.3 Å². The maximum Gasteiger partial charge on any atom is 0.307 e. The lowest BCUT2D eigenvalue weighted by Gasteiger charge is -2.08. The lowest BCUT2D eigenvalue weighted by atomic mass is 10.1. The van der Waals surface area contributed by atoms with Crippen LogP contribution in [0.5, 0.6) is 0 Å². The van der Waals surface area contributed by atoms with Gasteiger partial charge < -0.3 is 15.2 Å². The number of carbonyl (C=O) groups excluding carboxylic acids is 1. The molecule has 2 N–H and O–H groups in total. The van der Waals surface area contributed by atoms with Crippen molar-refractivity contribution in [1.82, 2.24) is 5.32 Å². The van der Waals surface area contributed by atoms with Gasteiger partial charge in [0, 0.05) is 13.7 Å². The van der Waals surface area contributed by atoms with Gasteiger partial charge in [0.1, 0.15) is 0 Å². The average molecular weight is 291 g/mol. The van der Waals surface area contributed by atoms with E-state index in [0.29, 0.717) is 13.2 Å². The van der Waals surface area contributed by atoms with E-state index in [2.05, 4.69) is 5.32 Å². The molecule has 114 valence electrons. The fourth-order valence-corrected chi connectivity index (χ4v) is 2.88. The van der Waals surface area contributed by atoms with Gasteiger partial charge in [0.25, 0.3) is 0 Å². The second-order valence-corrected chi connectivity index (χ2v) is 6.09. The number of carboxylic acid groups (broad SMARTS) is 1. The molecule has 0 aliphatic heterocycles. The monoisotopic (exact) mass is 291 g/mol. The van der Waals surface area contributed by atoms with Gasteiger partial charge in [-0.25, -0.2) is 0 Å². The van der Waals surface area contributed by atoms with Gasteiger partial charge >= 0.3 is 5.97 Å². The topological polar surface area (TPSA) is 75.6 Å². The van der Waals surface area contributed by atoms with E-state index in [-0.39, 0.29) is 5.91 Å². The van der Waals surface area contributed by atoms with Crippen molar-refractivity contribution in [2.75, 3.05) is 7.11 Å². The molecule has 0 aromatic heterocycles. The highest BCUT2D eigenvalue weighted by atomic mass is 16.5. The van der Waals surface area contributed by atoms with Crippen molar-refractivity contribution in [3.05, 3.63) is 35.4 Å². The number of ether oxygens (including phenoxy) is 1. The van der Waals surface area contributed by atoms with Crippen LogP contribution < -0.4 is 5.32 Å². The van der Waals surface area contributed by atoms with Crippen molar-refractivity contribution < 1.29 is 19.4 Å². The number of hydrogen-bond acceptors (Lipinski definition) is 3. The zero-order valence-electron chi connectivity index (χ0n) is 12.6. The summed E-state index contributed by atoms with van der Waals surface area (Å²) in [6.45, 7) is 4.55. The van der Waals surface area contributed by atoms with Gasteiger partial charge in [-0.3, -0.25) is 9.59 Å². The molecule has 1 aliphatic rings. The summed E-state index contributed by atoms with van der Waals surface area (Å²) in [5.74, 6) is -2.12. The highest BCUT2D eigenvalue weighted by Gasteiger charge is 2.65. The number of rotatable bonds is 6. The Labute approximate surface area is 124 Å². The van der Waals surface area contributed by atoms with Crippen molar-refractivity contribution in [2.45, 2.75) is 27.0 Å². The van der Waals surface area contributed by atoms with E-state index in [9.17, 15) is 9.59 Å². The van der Waals surface area contributed by atoms with Gasteiger partial charge in [0.05, 0.1) is 18.4 Å². The number of carboxylic acids is 1. The van der Waals surface area contributed by atoms with Gasteiger partial charge in [-0.2, -0.15) is 0 Å². The Morgan fingerprint density at radius 2 is 1.95 bits per heavy atom. The van der Waals surface area contributed by atoms with Crippen LogP contribution in [0.4, 0.5) is 0 Å². The van der Waals surface area contributed by atoms with E-state index in [4.69, 9.17) is 9.84 Å². The standard InChI is InChI=1S/C16H21NO4/c1-16(2)12(13(16)15(19)20)14(18)17-8-10-5-4-6-11(7-10)9-21-3/h4-7,12-13H,8-9H2,1-3H3,(H,17,18)(H,19,20). The normalized spacial score (nSPS) is 22.6. The maximum atomic E-state index is 12.1. The predicted octanol–water partition coefficient (Wildman–Crippen LogP) is 1.81. The molecule has 21 heavy (non-hydrogen) atoms. The molecule has 2 unspecified atom stereocenters. The van der Waals surface area contributed by atoms with Crippen LogP contribution in [0.2, 0.25) is 0 Å². The SMILES string of the molecule is COCc1cccc(CNC(=O)C2C(C(=O)O)C2(C)C)c1. The Balaban J connectivity index is 1.93. The molecular weight excluding hydrogens is 270 g/mol. The molecule has 5 nitrogen and oxygen atoms in total. The maximum absolute atomic E-state index is 12.1. The van der Waals surface area contributed by atoms with Crippen LogP contribution in [0, 0.1) is 17.3 Å². The first-order valence-electron chi connectivity index (χ1n) is 6.95. The first-order chi connectivity index (χ1) is 9.87. The zero-order valence-corrected chi connectivity index (χ0v) is 12.6. The molecule has 5 heteroatoms. The smallest absolute Gasteiger partial charge is 0.307 e. The Kier molecular flexibility index (Phi) is 4.32. The zero-order chi connectivity index (χ0) is 15.6. The first kappa shape index (κ1) is 15.5. The van der Waals surface area contributed by atoms with Crippen LogP contribution in [0.3, 0.4) is 0 Å². The molecule has 1 aromatic carbocycles. The number of carbonyl (C=O) groups is 2. The van der Waals surface area contributed by atoms with Gasteiger partial charge in [-0.1, -0.05) is 38.1 Å². The summed E-state index contributed by atoms with van der Waals surface area (Å²) in [7, 11) is 1.63. The van der Waals surface area contributed by atoms with E-state index in [1.54, 1.807) is 7.11 Å². The Hall–Kier alpha value is -1.88. The molecule has 0 radical (unpaired) electrons. The van der Waals surface area contributed by atoms with Crippen molar-refractivity contribution in [1.29, 1.82) is 0 Å². The lowest BCUT2D eigenvalue weighted by Crippen LogP contribution is -2.26. The number of methoxy groups -OCH3 is 1. The molecule has 0 bridgehead atoms. The van der Waals surface area contributed by atoms with Crippen LogP contribution in [-0.2, 0) is 27.5 Å². The number of nitrogens with one attached hydrogen (secondary N) is 1. The molecule has 2 atom stereocenters. The minimum Gasteiger partial charge on any atom is -0.481 e. The molecule has 1 amide bonds. The third kappa shape index (κ3) is 3.24. The van der Waals surface area contributed by atoms with Crippen LogP contribution >= 0.6 is 0 Å². The number of hydrogen-bond donors (Lipinski definition) is 2. The molecule has 0 heterocycles. The first-order valence-corrected chi connectivity index (χ1v) is 6.95. The number of aliphatic carboxylic acids is 1. The third-order valence-electron chi connectivity index (χ3n) is 4.15. The molecule has 1 fully saturated rings. The highest BCUT2D eigenvalue weighted by molar-refractivity contribution is 5.91. The minimum atomic E-state index is -0.901. The second kappa shape index (κ2) is 5.85. The number of amides is 1. The van der Waals surface area contributed by atoms with E-state index in [1.807, 2.05) is 38.1 Å². The van der Waals surface area contributed by atoms with Crippen LogP contribution in [0.25, 0.3) is 0 Å². The Bertz CT molecular complexity index is 553. The van der Waals surface area contributed by atoms with Crippen LogP contribution in [0.1, 0.15) is 25.0 Å². The Morgan fingerprint density at radius 1 is 1.29 bits per heavy atom. The van der Waals surface area contributed by atoms with E-state index >= 15 is 0 Å². The van der Waals surface area contributed by atoms with Crippen molar-refractivity contribution in [2.24, 2.45) is 17.3 Å². The quantitative estimate of drug-likeness (QED) is 0.838. The summed E-state index contributed by atoms with van der Waals surface area (Å²) in [6.07, 6.45) is 0. The molecule has 1 aliphatic carbocycles. The second-order valence-electron chi connectivity index (χ2n) is 6.09. The fourth-order valence-electron chi connectivity index (χ4n) is 2.88. The predicted molar refractivity (Wildman–Crippen MR) is 77.4 cm³/mol. The summed E-state index contributed by atoms with van der Waals surface area (Å²) in [4.78, 5) is 23.2. The van der Waals surface area contributed by atoms with Gasteiger partial charge in [0.2, 0.25) is 5.91 Å². The van der Waals surface area contributed by atoms with Crippen molar-refractivity contribution in [3.8, 4) is 0 Å². The van der Waals surface area contributed by atoms with Crippen LogP contribution in [-0.4, -0.2) is 24.1 Å². The summed E-state index contributed by atoms with van der Waals surface area (Å²) >= 11 is 0. The largest absolute Gasteiger partial charge is 0.481 e. The van der Waals surface area contributed by atoms with E-state index < -0.39 is 23.2 Å². The molecule has 2 rings (SSSR count). The van der Waals surface area contributed by atoms with E-state index in [0.717, 1.165) is 11.1 Å². The lowest BCUT2D eigenvalue weighted by molar-refractivity contribution is -0.140. The van der Waals surface area contributed by atoms with Gasteiger partial charge in [-0.15, -0.1) is 0 Å². The van der Waals surface area contributed by atoms with Gasteiger partial charge in [0.15, 0.2) is 0 Å². The average Bonchev–Trinajstić information content (AvgIpc) is 3.00. The molecular formula is C16H21NO4. The van der Waals surface area contributed by atoms with Crippen molar-refractivity contribution in [3.63, 3.8) is 0 Å². The molecule has 0 saturated heterocycles. The summed E-state index contributed by atoms with van der Waals surface area (Å²) in [5.41, 5.74) is 1.55. The minimum absolute atomic E-state index is 0.190. The summed E-state index contributed by atoms with van der Waals surface area (Å²) in [5, 5.41) is 11.9. The summed E-state index contributed by atoms with van der Waals surface area (Å²) in [6, 6.07) is 7.76. The van der Waals surface area contributed by atoms with Crippen molar-refractivity contribution >= 4 is 11.9 Å². The summed E-state index contributed by atoms with van der Waals surface area (Å²) < 4.78 is 5.07. The fraction of sp³-hybridized carbons (Fsp3) is 0.500. The van der Waals surface area contributed by atoms with Gasteiger partial charge in [-0.05, 0) is 16.5 Å². The van der Waals surface area contributed by atoms with E-state index in [1.165, 1.54) is 0 Å². The molecule has 1 aromatic rings.